The van der Waals surface area contributed by atoms with E-state index in [9.17, 15) is 17.2 Å². The Hall–Kier alpha value is -1.78. The van der Waals surface area contributed by atoms with Crippen molar-refractivity contribution in [3.8, 4) is 0 Å². The van der Waals surface area contributed by atoms with Gasteiger partial charge in [-0.05, 0) is 12.1 Å². The third-order valence-electron chi connectivity index (χ3n) is 2.55. The number of ether oxygens (including phenoxy) is 1. The molecule has 0 radical (unpaired) electrons. The predicted octanol–water partition coefficient (Wildman–Crippen LogP) is 0.476. The number of aromatic nitrogens is 2. The first-order chi connectivity index (χ1) is 9.92. The summed E-state index contributed by atoms with van der Waals surface area (Å²) in [5.74, 6) is -0.137. The number of pyridine rings is 1. The van der Waals surface area contributed by atoms with Gasteiger partial charge in [-0.3, -0.25) is 4.40 Å². The zero-order chi connectivity index (χ0) is 15.5. The molecule has 116 valence electrons. The Balaban J connectivity index is 2.10. The van der Waals surface area contributed by atoms with Crippen LogP contribution in [0, 0.1) is 0 Å². The van der Waals surface area contributed by atoms with Gasteiger partial charge in [-0.25, -0.2) is 26.9 Å². The molecule has 0 bridgehead atoms. The van der Waals surface area contributed by atoms with Gasteiger partial charge in [-0.2, -0.15) is 0 Å². The minimum atomic E-state index is -3.92. The van der Waals surface area contributed by atoms with Crippen molar-refractivity contribution >= 4 is 21.5 Å². The van der Waals surface area contributed by atoms with Crippen molar-refractivity contribution in [1.29, 1.82) is 0 Å². The summed E-state index contributed by atoms with van der Waals surface area (Å²) in [6.45, 7) is -1.05. The smallest absolute Gasteiger partial charge is 0.261 e. The third-order valence-corrected chi connectivity index (χ3v) is 4.05. The van der Waals surface area contributed by atoms with E-state index in [4.69, 9.17) is 5.73 Å². The van der Waals surface area contributed by atoms with Gasteiger partial charge in [0, 0.05) is 12.7 Å². The molecule has 3 N–H and O–H groups in total. The number of sulfonamides is 1. The molecule has 10 heteroatoms. The van der Waals surface area contributed by atoms with Gasteiger partial charge >= 0.3 is 0 Å². The fourth-order valence-corrected chi connectivity index (χ4v) is 2.97. The molecule has 2 aromatic heterocycles. The largest absolute Gasteiger partial charge is 0.381 e. The van der Waals surface area contributed by atoms with Gasteiger partial charge in [0.05, 0.1) is 6.61 Å². The van der Waals surface area contributed by atoms with Crippen molar-refractivity contribution in [2.75, 3.05) is 25.5 Å². The highest BCUT2D eigenvalue weighted by Crippen LogP contribution is 2.19. The lowest BCUT2D eigenvalue weighted by molar-refractivity contribution is 0.0199. The van der Waals surface area contributed by atoms with Crippen LogP contribution in [0.2, 0.25) is 0 Å². The highest BCUT2D eigenvalue weighted by Gasteiger charge is 2.23. The van der Waals surface area contributed by atoms with Crippen LogP contribution in [0.4, 0.5) is 14.6 Å². The molecule has 0 amide bonds. The van der Waals surface area contributed by atoms with E-state index >= 15 is 0 Å². The third kappa shape index (κ3) is 3.65. The summed E-state index contributed by atoms with van der Waals surface area (Å²) in [5.41, 5.74) is 6.02. The summed E-state index contributed by atoms with van der Waals surface area (Å²) in [7, 11) is -3.92. The van der Waals surface area contributed by atoms with E-state index in [1.807, 2.05) is 0 Å². The lowest BCUT2D eigenvalue weighted by Gasteiger charge is -2.07. The van der Waals surface area contributed by atoms with Crippen molar-refractivity contribution in [3.63, 3.8) is 0 Å². The van der Waals surface area contributed by atoms with Crippen molar-refractivity contribution < 1.29 is 21.9 Å². The van der Waals surface area contributed by atoms with Crippen LogP contribution in [0.15, 0.2) is 29.4 Å². The average molecular weight is 320 g/mol. The van der Waals surface area contributed by atoms with Crippen molar-refractivity contribution in [2.45, 2.75) is 11.5 Å². The summed E-state index contributed by atoms with van der Waals surface area (Å²) in [6.07, 6.45) is -1.07. The summed E-state index contributed by atoms with van der Waals surface area (Å²) >= 11 is 0. The SMILES string of the molecule is Nc1nc2ccccn2c1S(=O)(=O)NCCOCC(F)F. The van der Waals surface area contributed by atoms with E-state index in [1.54, 1.807) is 18.2 Å². The minimum Gasteiger partial charge on any atom is -0.381 e. The molecule has 21 heavy (non-hydrogen) atoms. The molecule has 0 aliphatic rings. The second kappa shape index (κ2) is 6.33. The lowest BCUT2D eigenvalue weighted by atomic mass is 10.5. The number of hydrogen-bond acceptors (Lipinski definition) is 5. The van der Waals surface area contributed by atoms with E-state index < -0.39 is 23.1 Å². The number of imidazole rings is 1. The summed E-state index contributed by atoms with van der Waals surface area (Å²) in [6, 6.07) is 4.95. The number of nitrogens with one attached hydrogen (secondary N) is 1. The quantitative estimate of drug-likeness (QED) is 0.723. The van der Waals surface area contributed by atoms with Crippen LogP contribution in [0.1, 0.15) is 0 Å². The van der Waals surface area contributed by atoms with Gasteiger partial charge in [0.2, 0.25) is 0 Å². The Kier molecular flexibility index (Phi) is 4.70. The number of rotatable bonds is 7. The van der Waals surface area contributed by atoms with Gasteiger partial charge in [-0.15, -0.1) is 0 Å². The number of halogens is 2. The standard InChI is InChI=1S/C11H14F2N4O3S/c12-8(13)7-20-6-4-15-21(18,19)11-10(14)16-9-3-1-2-5-17(9)11/h1-3,5,8,15H,4,6-7,14H2. The number of fused-ring (bicyclic) bond motifs is 1. The number of nitrogens with two attached hydrogens (primary N) is 1. The zero-order valence-electron chi connectivity index (χ0n) is 10.9. The zero-order valence-corrected chi connectivity index (χ0v) is 11.7. The molecule has 2 heterocycles. The fourth-order valence-electron chi connectivity index (χ4n) is 1.75. The second-order valence-corrected chi connectivity index (χ2v) is 5.78. The first-order valence-corrected chi connectivity index (χ1v) is 7.48. The van der Waals surface area contributed by atoms with Crippen LogP contribution in [0.5, 0.6) is 0 Å². The molecular weight excluding hydrogens is 306 g/mol. The van der Waals surface area contributed by atoms with Crippen LogP contribution in [-0.2, 0) is 14.8 Å². The molecule has 2 rings (SSSR count). The number of nitrogen functional groups attached to an aromatic ring is 1. The van der Waals surface area contributed by atoms with Crippen molar-refractivity contribution in [3.05, 3.63) is 24.4 Å². The Labute approximate surface area is 119 Å². The Morgan fingerprint density at radius 3 is 2.90 bits per heavy atom. The van der Waals surface area contributed by atoms with Gasteiger partial charge in [-0.1, -0.05) is 6.07 Å². The second-order valence-electron chi connectivity index (χ2n) is 4.09. The molecule has 0 spiro atoms. The number of nitrogens with zero attached hydrogens (tertiary/aromatic N) is 2. The van der Waals surface area contributed by atoms with Gasteiger partial charge in [0.1, 0.15) is 12.3 Å². The number of anilines is 1. The molecule has 0 aliphatic carbocycles. The minimum absolute atomic E-state index is 0.137. The molecule has 0 unspecified atom stereocenters. The molecular formula is C11H14F2N4O3S. The Morgan fingerprint density at radius 1 is 1.43 bits per heavy atom. The van der Waals surface area contributed by atoms with E-state index in [1.165, 1.54) is 10.6 Å². The van der Waals surface area contributed by atoms with E-state index in [0.717, 1.165) is 0 Å². The first-order valence-electron chi connectivity index (χ1n) is 6.00. The topological polar surface area (TPSA) is 98.7 Å². The molecule has 0 saturated heterocycles. The molecule has 0 fully saturated rings. The number of alkyl halides is 2. The van der Waals surface area contributed by atoms with Crippen molar-refractivity contribution in [1.82, 2.24) is 14.1 Å². The molecule has 0 atom stereocenters. The predicted molar refractivity (Wildman–Crippen MR) is 71.6 cm³/mol. The Bertz CT molecular complexity index is 717. The highest BCUT2D eigenvalue weighted by atomic mass is 32.2. The summed E-state index contributed by atoms with van der Waals surface area (Å²) < 4.78 is 56.2. The number of hydrogen-bond donors (Lipinski definition) is 2. The normalized spacial score (nSPS) is 12.3. The van der Waals surface area contributed by atoms with Crippen LogP contribution in [0.25, 0.3) is 5.65 Å². The highest BCUT2D eigenvalue weighted by molar-refractivity contribution is 7.89. The van der Waals surface area contributed by atoms with Gasteiger partial charge in [0.25, 0.3) is 16.4 Å². The van der Waals surface area contributed by atoms with Crippen LogP contribution in [-0.4, -0.2) is 44.0 Å². The summed E-state index contributed by atoms with van der Waals surface area (Å²) in [4.78, 5) is 3.94. The van der Waals surface area contributed by atoms with Crippen LogP contribution >= 0.6 is 0 Å². The molecule has 0 aromatic carbocycles. The first kappa shape index (κ1) is 15.6. The van der Waals surface area contributed by atoms with Crippen LogP contribution < -0.4 is 10.5 Å². The van der Waals surface area contributed by atoms with E-state index in [-0.39, 0.29) is 24.0 Å². The Morgan fingerprint density at radius 2 is 2.19 bits per heavy atom. The van der Waals surface area contributed by atoms with E-state index in [0.29, 0.717) is 5.65 Å². The monoisotopic (exact) mass is 320 g/mol. The van der Waals surface area contributed by atoms with Gasteiger partial charge in [0.15, 0.2) is 10.8 Å². The molecule has 7 nitrogen and oxygen atoms in total. The fraction of sp³-hybridized carbons (Fsp3) is 0.364. The van der Waals surface area contributed by atoms with Crippen molar-refractivity contribution in [2.24, 2.45) is 0 Å². The maximum absolute atomic E-state index is 12.2. The summed E-state index contributed by atoms with van der Waals surface area (Å²) in [5, 5.41) is -0.188. The van der Waals surface area contributed by atoms with Gasteiger partial charge < -0.3 is 10.5 Å². The van der Waals surface area contributed by atoms with Crippen LogP contribution in [0.3, 0.4) is 0 Å². The lowest BCUT2D eigenvalue weighted by Crippen LogP contribution is -2.29. The maximum atomic E-state index is 12.2. The molecule has 2 aromatic rings. The maximum Gasteiger partial charge on any atom is 0.261 e. The van der Waals surface area contributed by atoms with E-state index in [2.05, 4.69) is 14.4 Å². The molecule has 0 aliphatic heterocycles. The molecule has 0 saturated carbocycles. The average Bonchev–Trinajstić information content (AvgIpc) is 2.74.